The number of carboxylic acid groups (broad SMARTS) is 1. The van der Waals surface area contributed by atoms with E-state index in [0.717, 1.165) is 57.4 Å². The largest absolute Gasteiger partial charge is 0.490 e. The lowest BCUT2D eigenvalue weighted by molar-refractivity contribution is -0.192. The Bertz CT molecular complexity index is 1820. The predicted octanol–water partition coefficient (Wildman–Crippen LogP) is 8.15. The molecule has 6 aromatic rings. The molecule has 0 aliphatic rings. The number of aromatic amines is 1. The molecule has 3 aromatic carbocycles. The first-order valence-corrected chi connectivity index (χ1v) is 14.1. The first-order valence-electron chi connectivity index (χ1n) is 13.2. The molecule has 0 radical (unpaired) electrons. The number of nitrogens with one attached hydrogen (secondary N) is 2. The van der Waals surface area contributed by atoms with Crippen LogP contribution in [0.25, 0.3) is 44.0 Å². The number of benzene rings is 3. The summed E-state index contributed by atoms with van der Waals surface area (Å²) in [7, 11) is 0. The Labute approximate surface area is 249 Å². The quantitative estimate of drug-likeness (QED) is 0.170. The SMILES string of the molecule is Cc1noc(C)c1-c1cccc(CNCc2cccc(-c3csc(-c4nc5ccccc5[nH]4)c3)c2)c1.O=C(O)C(F)(F)F. The number of fused-ring (bicyclic) bond motifs is 1. The summed E-state index contributed by atoms with van der Waals surface area (Å²) >= 11 is 1.72. The highest BCUT2D eigenvalue weighted by molar-refractivity contribution is 7.13. The van der Waals surface area contributed by atoms with Crippen molar-refractivity contribution in [2.75, 3.05) is 0 Å². The lowest BCUT2D eigenvalue weighted by Gasteiger charge is -2.08. The summed E-state index contributed by atoms with van der Waals surface area (Å²) in [6, 6.07) is 27.6. The molecule has 0 bridgehead atoms. The van der Waals surface area contributed by atoms with Crippen LogP contribution in [0.5, 0.6) is 0 Å². The monoisotopic (exact) mass is 604 g/mol. The van der Waals surface area contributed by atoms with Crippen molar-refractivity contribution in [1.82, 2.24) is 20.4 Å². The molecule has 3 heterocycles. The number of rotatable bonds is 7. The van der Waals surface area contributed by atoms with Gasteiger partial charge in [-0.15, -0.1) is 11.3 Å². The maximum atomic E-state index is 10.6. The molecule has 6 rings (SSSR count). The molecule has 0 unspecified atom stereocenters. The van der Waals surface area contributed by atoms with Crippen LogP contribution in [-0.4, -0.2) is 32.4 Å². The highest BCUT2D eigenvalue weighted by atomic mass is 32.1. The average molecular weight is 605 g/mol. The van der Waals surface area contributed by atoms with Gasteiger partial charge in [0, 0.05) is 18.7 Å². The van der Waals surface area contributed by atoms with Gasteiger partial charge in [-0.3, -0.25) is 0 Å². The fraction of sp³-hybridized carbons (Fsp3) is 0.156. The van der Waals surface area contributed by atoms with Gasteiger partial charge < -0.3 is 19.9 Å². The van der Waals surface area contributed by atoms with E-state index in [9.17, 15) is 13.2 Å². The van der Waals surface area contributed by atoms with E-state index in [-0.39, 0.29) is 0 Å². The number of aliphatic carboxylic acids is 1. The Morgan fingerprint density at radius 2 is 1.58 bits per heavy atom. The van der Waals surface area contributed by atoms with E-state index < -0.39 is 12.1 Å². The molecule has 43 heavy (non-hydrogen) atoms. The van der Waals surface area contributed by atoms with Crippen molar-refractivity contribution < 1.29 is 27.6 Å². The zero-order chi connectivity index (χ0) is 30.6. The van der Waals surface area contributed by atoms with Crippen LogP contribution in [0.3, 0.4) is 0 Å². The molecule has 0 aliphatic heterocycles. The van der Waals surface area contributed by atoms with Crippen LogP contribution < -0.4 is 5.32 Å². The summed E-state index contributed by atoms with van der Waals surface area (Å²) in [5.41, 5.74) is 10.1. The summed E-state index contributed by atoms with van der Waals surface area (Å²) < 4.78 is 37.1. The van der Waals surface area contributed by atoms with Crippen LogP contribution in [0.1, 0.15) is 22.6 Å². The van der Waals surface area contributed by atoms with Crippen molar-refractivity contribution in [1.29, 1.82) is 0 Å². The molecular weight excluding hydrogens is 577 g/mol. The number of imidazole rings is 1. The number of carbonyl (C=O) groups is 1. The fourth-order valence-electron chi connectivity index (χ4n) is 4.63. The first kappa shape index (κ1) is 29.7. The van der Waals surface area contributed by atoms with Crippen molar-refractivity contribution in [2.24, 2.45) is 0 Å². The average Bonchev–Trinajstić information content (AvgIpc) is 3.72. The van der Waals surface area contributed by atoms with E-state index in [2.05, 4.69) is 81.5 Å². The van der Waals surface area contributed by atoms with E-state index >= 15 is 0 Å². The minimum atomic E-state index is -5.08. The van der Waals surface area contributed by atoms with Gasteiger partial charge >= 0.3 is 12.1 Å². The number of halogens is 3. The van der Waals surface area contributed by atoms with Gasteiger partial charge in [-0.2, -0.15) is 13.2 Å². The highest BCUT2D eigenvalue weighted by Crippen LogP contribution is 2.33. The fourth-order valence-corrected chi connectivity index (χ4v) is 5.49. The van der Waals surface area contributed by atoms with Crippen LogP contribution in [0.2, 0.25) is 0 Å². The zero-order valence-electron chi connectivity index (χ0n) is 23.2. The molecule has 0 fully saturated rings. The van der Waals surface area contributed by atoms with Gasteiger partial charge in [0.1, 0.15) is 11.6 Å². The molecule has 0 atom stereocenters. The molecule has 3 N–H and O–H groups in total. The minimum Gasteiger partial charge on any atom is -0.475 e. The number of alkyl halides is 3. The number of H-pyrrole nitrogens is 1. The van der Waals surface area contributed by atoms with Crippen LogP contribution in [0.4, 0.5) is 13.2 Å². The molecule has 0 saturated heterocycles. The number of thiophene rings is 1. The van der Waals surface area contributed by atoms with E-state index in [4.69, 9.17) is 19.4 Å². The smallest absolute Gasteiger partial charge is 0.475 e. The third kappa shape index (κ3) is 7.19. The van der Waals surface area contributed by atoms with Gasteiger partial charge in [0.2, 0.25) is 0 Å². The molecule has 11 heteroatoms. The van der Waals surface area contributed by atoms with Crippen molar-refractivity contribution in [2.45, 2.75) is 33.1 Å². The predicted molar refractivity (Wildman–Crippen MR) is 160 cm³/mol. The van der Waals surface area contributed by atoms with E-state index in [0.29, 0.717) is 0 Å². The maximum Gasteiger partial charge on any atom is 0.490 e. The molecule has 7 nitrogen and oxygen atoms in total. The van der Waals surface area contributed by atoms with Gasteiger partial charge in [0.25, 0.3) is 0 Å². The number of para-hydroxylation sites is 2. The second-order valence-electron chi connectivity index (χ2n) is 9.81. The van der Waals surface area contributed by atoms with Gasteiger partial charge in [0.05, 0.1) is 21.6 Å². The zero-order valence-corrected chi connectivity index (χ0v) is 24.0. The Balaban J connectivity index is 0.000000472. The lowest BCUT2D eigenvalue weighted by atomic mass is 10.0. The van der Waals surface area contributed by atoms with Crippen molar-refractivity contribution in [3.63, 3.8) is 0 Å². The van der Waals surface area contributed by atoms with Crippen LogP contribution in [0, 0.1) is 13.8 Å². The summed E-state index contributed by atoms with van der Waals surface area (Å²) in [4.78, 5) is 18.2. The molecule has 0 saturated carbocycles. The molecule has 0 spiro atoms. The number of carboxylic acids is 1. The lowest BCUT2D eigenvalue weighted by Crippen LogP contribution is -2.21. The summed E-state index contributed by atoms with van der Waals surface area (Å²) in [5, 5.41) is 17.0. The Hall–Kier alpha value is -4.74. The standard InChI is InChI=1S/C30H26N4OS.C2HF3O2/c1-19-29(20(2)35-34-19)24-10-6-8-22(14-24)17-31-16-21-7-5-9-23(13-21)25-15-28(36-18-25)30-32-26-11-3-4-12-27(26)33-30;3-2(4,5)1(6)7/h3-15,18,31H,16-17H2,1-2H3,(H,32,33);(H,6,7). The Kier molecular flexibility index (Phi) is 8.74. The topological polar surface area (TPSA) is 104 Å². The first-order chi connectivity index (χ1) is 20.6. The summed E-state index contributed by atoms with van der Waals surface area (Å²) in [5.74, 6) is -0.983. The number of nitrogens with zero attached hydrogens (tertiary/aromatic N) is 2. The second kappa shape index (κ2) is 12.6. The molecule has 0 aliphatic carbocycles. The van der Waals surface area contributed by atoms with Gasteiger partial charge in [-0.1, -0.05) is 53.7 Å². The van der Waals surface area contributed by atoms with E-state index in [1.807, 2.05) is 32.0 Å². The molecular formula is C32H27F3N4O3S. The van der Waals surface area contributed by atoms with E-state index in [1.165, 1.54) is 22.3 Å². The third-order valence-electron chi connectivity index (χ3n) is 6.63. The number of hydrogen-bond donors (Lipinski definition) is 3. The van der Waals surface area contributed by atoms with Crippen molar-refractivity contribution >= 4 is 28.3 Å². The van der Waals surface area contributed by atoms with Crippen LogP contribution >= 0.6 is 11.3 Å². The van der Waals surface area contributed by atoms with Gasteiger partial charge in [0.15, 0.2) is 0 Å². The molecule has 220 valence electrons. The number of aryl methyl sites for hydroxylation is 2. The van der Waals surface area contributed by atoms with Crippen LogP contribution in [-0.2, 0) is 17.9 Å². The Morgan fingerprint density at radius 1 is 0.930 bits per heavy atom. The minimum absolute atomic E-state index is 0.788. The second-order valence-corrected chi connectivity index (χ2v) is 10.7. The Morgan fingerprint density at radius 3 is 2.21 bits per heavy atom. The van der Waals surface area contributed by atoms with Crippen molar-refractivity contribution in [3.05, 3.63) is 107 Å². The number of aromatic nitrogens is 3. The van der Waals surface area contributed by atoms with Crippen molar-refractivity contribution in [3.8, 4) is 33.0 Å². The normalized spacial score (nSPS) is 11.4. The molecule has 3 aromatic heterocycles. The van der Waals surface area contributed by atoms with Gasteiger partial charge in [-0.25, -0.2) is 9.78 Å². The summed E-state index contributed by atoms with van der Waals surface area (Å²) in [6.07, 6.45) is -5.08. The third-order valence-corrected chi connectivity index (χ3v) is 7.57. The molecule has 0 amide bonds. The number of hydrogen-bond acceptors (Lipinski definition) is 6. The van der Waals surface area contributed by atoms with Gasteiger partial charge in [-0.05, 0) is 77.4 Å². The summed E-state index contributed by atoms with van der Waals surface area (Å²) in [6.45, 7) is 5.53. The maximum absolute atomic E-state index is 10.6. The van der Waals surface area contributed by atoms with E-state index in [1.54, 1.807) is 11.3 Å². The van der Waals surface area contributed by atoms with Crippen LogP contribution in [0.15, 0.2) is 88.8 Å². The highest BCUT2D eigenvalue weighted by Gasteiger charge is 2.38.